The van der Waals surface area contributed by atoms with Gasteiger partial charge in [0.15, 0.2) is 0 Å². The van der Waals surface area contributed by atoms with E-state index in [1.165, 1.54) is 10.2 Å². The predicted molar refractivity (Wildman–Crippen MR) is 106 cm³/mol. The van der Waals surface area contributed by atoms with Crippen molar-refractivity contribution in [1.29, 1.82) is 0 Å². The van der Waals surface area contributed by atoms with Crippen molar-refractivity contribution in [3.63, 3.8) is 0 Å². The molecule has 146 valence electrons. The van der Waals surface area contributed by atoms with Crippen LogP contribution in [0.5, 0.6) is 5.75 Å². The maximum atomic E-state index is 13.1. The second-order valence-electron chi connectivity index (χ2n) is 7.08. The average molecular weight is 379 g/mol. The number of hydrogen-bond acceptors (Lipinski definition) is 5. The summed E-state index contributed by atoms with van der Waals surface area (Å²) in [4.78, 5) is 17.4. The Hall–Kier alpha value is -2.93. The maximum absolute atomic E-state index is 13.1. The van der Waals surface area contributed by atoms with E-state index >= 15 is 0 Å². The first-order valence-corrected chi connectivity index (χ1v) is 9.70. The molecule has 3 heterocycles. The number of ether oxygens (including phenoxy) is 1. The predicted octanol–water partition coefficient (Wildman–Crippen LogP) is 2.47. The topological polar surface area (TPSA) is 63.0 Å². The van der Waals surface area contributed by atoms with E-state index in [9.17, 15) is 4.79 Å². The van der Waals surface area contributed by atoms with Crippen LogP contribution in [-0.4, -0.2) is 62.8 Å². The molecule has 0 N–H and O–H groups in total. The van der Waals surface area contributed by atoms with Gasteiger partial charge in [-0.1, -0.05) is 18.2 Å². The van der Waals surface area contributed by atoms with E-state index in [0.717, 1.165) is 30.9 Å². The van der Waals surface area contributed by atoms with Crippen LogP contribution >= 0.6 is 0 Å². The third-order valence-electron chi connectivity index (χ3n) is 5.17. The molecule has 1 saturated heterocycles. The number of hydrogen-bond donors (Lipinski definition) is 0. The van der Waals surface area contributed by atoms with E-state index < -0.39 is 0 Å². The van der Waals surface area contributed by atoms with Gasteiger partial charge in [-0.05, 0) is 32.0 Å². The molecule has 1 atom stereocenters. The third kappa shape index (κ3) is 3.57. The quantitative estimate of drug-likeness (QED) is 0.682. The summed E-state index contributed by atoms with van der Waals surface area (Å²) in [6.07, 6.45) is 3.28. The Balaban J connectivity index is 1.45. The number of para-hydroxylation sites is 1. The van der Waals surface area contributed by atoms with Gasteiger partial charge in [0.1, 0.15) is 11.3 Å². The molecular weight excluding hydrogens is 354 g/mol. The van der Waals surface area contributed by atoms with Gasteiger partial charge in [0.25, 0.3) is 5.91 Å². The van der Waals surface area contributed by atoms with Gasteiger partial charge in [-0.2, -0.15) is 14.8 Å². The summed E-state index contributed by atoms with van der Waals surface area (Å²) in [6, 6.07) is 12.0. The molecule has 7 nitrogen and oxygen atoms in total. The number of benzene rings is 1. The van der Waals surface area contributed by atoms with Crippen LogP contribution in [0.1, 0.15) is 29.8 Å². The zero-order valence-electron chi connectivity index (χ0n) is 16.3. The van der Waals surface area contributed by atoms with Crippen LogP contribution in [0.2, 0.25) is 0 Å². The number of carbonyl (C=O) groups excluding carboxylic acids is 1. The van der Waals surface area contributed by atoms with Crippen LogP contribution < -0.4 is 4.74 Å². The molecule has 3 aromatic rings. The lowest BCUT2D eigenvalue weighted by Crippen LogP contribution is -2.53. The smallest absolute Gasteiger partial charge is 0.258 e. The first-order chi connectivity index (χ1) is 13.7. The van der Waals surface area contributed by atoms with E-state index in [-0.39, 0.29) is 11.9 Å². The molecule has 7 heteroatoms. The highest BCUT2D eigenvalue weighted by molar-refractivity contribution is 6.00. The van der Waals surface area contributed by atoms with Crippen LogP contribution in [0.25, 0.3) is 5.52 Å². The van der Waals surface area contributed by atoms with Gasteiger partial charge in [0, 0.05) is 44.0 Å². The zero-order chi connectivity index (χ0) is 19.5. The highest BCUT2D eigenvalue weighted by Gasteiger charge is 2.30. The lowest BCUT2D eigenvalue weighted by Gasteiger charge is -2.40. The van der Waals surface area contributed by atoms with Crippen molar-refractivity contribution in [3.8, 4) is 5.75 Å². The minimum absolute atomic E-state index is 0.0184. The summed E-state index contributed by atoms with van der Waals surface area (Å²) in [7, 11) is 0. The fourth-order valence-corrected chi connectivity index (χ4v) is 3.80. The molecule has 0 aliphatic carbocycles. The van der Waals surface area contributed by atoms with Crippen molar-refractivity contribution in [2.75, 3.05) is 26.2 Å². The number of aromatic nitrogens is 3. The lowest BCUT2D eigenvalue weighted by atomic mass is 10.1. The first-order valence-electron chi connectivity index (χ1n) is 9.70. The third-order valence-corrected chi connectivity index (χ3v) is 5.17. The molecular formula is C21H25N5O2. The average Bonchev–Trinajstić information content (AvgIpc) is 3.13. The van der Waals surface area contributed by atoms with Gasteiger partial charge in [-0.3, -0.25) is 9.69 Å². The van der Waals surface area contributed by atoms with Crippen LogP contribution in [0.15, 0.2) is 48.8 Å². The zero-order valence-corrected chi connectivity index (χ0v) is 16.3. The second kappa shape index (κ2) is 7.98. The molecule has 2 aromatic heterocycles. The summed E-state index contributed by atoms with van der Waals surface area (Å²) in [5, 5.41) is 8.34. The number of nitrogens with zero attached hydrogens (tertiary/aromatic N) is 5. The van der Waals surface area contributed by atoms with Gasteiger partial charge < -0.3 is 9.64 Å². The number of rotatable bonds is 5. The Bertz CT molecular complexity index is 970. The summed E-state index contributed by atoms with van der Waals surface area (Å²) in [5.41, 5.74) is 2.54. The largest absolute Gasteiger partial charge is 0.494 e. The van der Waals surface area contributed by atoms with E-state index in [1.54, 1.807) is 12.4 Å². The van der Waals surface area contributed by atoms with Gasteiger partial charge in [0.2, 0.25) is 0 Å². The molecule has 1 amide bonds. The van der Waals surface area contributed by atoms with Gasteiger partial charge in [-0.25, -0.2) is 0 Å². The fourth-order valence-electron chi connectivity index (χ4n) is 3.80. The molecule has 1 fully saturated rings. The maximum Gasteiger partial charge on any atom is 0.258 e. The van der Waals surface area contributed by atoms with E-state index in [2.05, 4.69) is 28.1 Å². The molecule has 4 rings (SSSR count). The van der Waals surface area contributed by atoms with Crippen LogP contribution in [0, 0.1) is 0 Å². The molecule has 1 unspecified atom stereocenters. The Morgan fingerprint density at radius 2 is 2.04 bits per heavy atom. The van der Waals surface area contributed by atoms with Crippen molar-refractivity contribution < 1.29 is 9.53 Å². The number of carbonyl (C=O) groups is 1. The van der Waals surface area contributed by atoms with Crippen molar-refractivity contribution in [2.45, 2.75) is 26.4 Å². The highest BCUT2D eigenvalue weighted by Crippen LogP contribution is 2.23. The van der Waals surface area contributed by atoms with Gasteiger partial charge in [-0.15, -0.1) is 0 Å². The number of amides is 1. The highest BCUT2D eigenvalue weighted by atomic mass is 16.5. The SMILES string of the molecule is CCOc1ccccc1CN1CCN(C(=O)c2cnn3ncccc23)C(C)C1. The molecule has 28 heavy (non-hydrogen) atoms. The van der Waals surface area contributed by atoms with Crippen LogP contribution in [0.3, 0.4) is 0 Å². The Labute approximate surface area is 164 Å². The lowest BCUT2D eigenvalue weighted by molar-refractivity contribution is 0.0475. The fraction of sp³-hybridized carbons (Fsp3) is 0.381. The molecule has 0 bridgehead atoms. The number of fused-ring (bicyclic) bond motifs is 1. The van der Waals surface area contributed by atoms with Crippen LogP contribution in [-0.2, 0) is 6.54 Å². The van der Waals surface area contributed by atoms with Gasteiger partial charge in [0.05, 0.1) is 18.4 Å². The summed E-state index contributed by atoms with van der Waals surface area (Å²) < 4.78 is 7.25. The summed E-state index contributed by atoms with van der Waals surface area (Å²) in [6.45, 7) is 7.92. The second-order valence-corrected chi connectivity index (χ2v) is 7.08. The number of piperazine rings is 1. The molecule has 0 radical (unpaired) electrons. The van der Waals surface area contributed by atoms with E-state index in [4.69, 9.17) is 4.74 Å². The minimum atomic E-state index is 0.0184. The summed E-state index contributed by atoms with van der Waals surface area (Å²) in [5.74, 6) is 0.958. The van der Waals surface area contributed by atoms with Crippen molar-refractivity contribution >= 4 is 11.4 Å². The van der Waals surface area contributed by atoms with Crippen LogP contribution in [0.4, 0.5) is 0 Å². The van der Waals surface area contributed by atoms with E-state index in [1.807, 2.05) is 42.2 Å². The van der Waals surface area contributed by atoms with E-state index in [0.29, 0.717) is 18.7 Å². The molecule has 0 saturated carbocycles. The van der Waals surface area contributed by atoms with Gasteiger partial charge >= 0.3 is 0 Å². The molecule has 0 spiro atoms. The normalized spacial score (nSPS) is 17.8. The first kappa shape index (κ1) is 18.4. The monoisotopic (exact) mass is 379 g/mol. The molecule has 1 aliphatic heterocycles. The molecule has 1 aromatic carbocycles. The molecule has 1 aliphatic rings. The Morgan fingerprint density at radius 3 is 2.86 bits per heavy atom. The standard InChI is InChI=1S/C21H25N5O2/c1-3-28-20-9-5-4-7-17(20)15-24-11-12-25(16(2)14-24)21(27)18-13-23-26-19(18)8-6-10-22-26/h4-10,13,16H,3,11-12,14-15H2,1-2H3. The summed E-state index contributed by atoms with van der Waals surface area (Å²) >= 11 is 0. The van der Waals surface area contributed by atoms with Crippen molar-refractivity contribution in [2.24, 2.45) is 0 Å². The Morgan fingerprint density at radius 1 is 1.18 bits per heavy atom. The Kier molecular flexibility index (Phi) is 5.25. The minimum Gasteiger partial charge on any atom is -0.494 e. The van der Waals surface area contributed by atoms with Crippen molar-refractivity contribution in [1.82, 2.24) is 24.6 Å². The van der Waals surface area contributed by atoms with Crippen molar-refractivity contribution in [3.05, 3.63) is 59.9 Å².